The van der Waals surface area contributed by atoms with Gasteiger partial charge in [0.05, 0.1) is 18.8 Å². The summed E-state index contributed by atoms with van der Waals surface area (Å²) in [4.78, 5) is 42.8. The van der Waals surface area contributed by atoms with Gasteiger partial charge in [-0.1, -0.05) is 0 Å². The molecule has 9 nitrogen and oxygen atoms in total. The van der Waals surface area contributed by atoms with E-state index < -0.39 is 17.5 Å². The standard InChI is InChI=1S/C20H29N3O6/c1-21-18(26)14-12-20(7-3-4-8-22(9-10-24)19(20)27)23(16(25)13-28-2)17(14)15-6-5-11-29-15/h5-6,11,14,17,24H,3-4,7-10,12-13H2,1-2H3,(H,21,26)/t14-,17+,20-/m0/s1. The number of carbonyl (C=O) groups excluding carboxylic acids is 3. The van der Waals surface area contributed by atoms with Crippen molar-refractivity contribution in [3.05, 3.63) is 24.2 Å². The summed E-state index contributed by atoms with van der Waals surface area (Å²) in [6.45, 7) is 0.355. The first kappa shape index (κ1) is 21.3. The van der Waals surface area contributed by atoms with E-state index in [0.29, 0.717) is 18.7 Å². The molecule has 3 atom stereocenters. The highest BCUT2D eigenvalue weighted by atomic mass is 16.5. The molecular formula is C20H29N3O6. The highest BCUT2D eigenvalue weighted by molar-refractivity contribution is 5.95. The van der Waals surface area contributed by atoms with E-state index >= 15 is 0 Å². The van der Waals surface area contributed by atoms with Gasteiger partial charge in [0.25, 0.3) is 0 Å². The maximum atomic E-state index is 13.7. The van der Waals surface area contributed by atoms with E-state index in [2.05, 4.69) is 5.32 Å². The lowest BCUT2D eigenvalue weighted by Crippen LogP contribution is -2.58. The first-order chi connectivity index (χ1) is 14.0. The second kappa shape index (κ2) is 8.96. The highest BCUT2D eigenvalue weighted by Gasteiger charge is 2.61. The predicted molar refractivity (Wildman–Crippen MR) is 103 cm³/mol. The Bertz CT molecular complexity index is 737. The molecule has 3 amide bonds. The van der Waals surface area contributed by atoms with Gasteiger partial charge in [-0.05, 0) is 37.8 Å². The number of amides is 3. The van der Waals surface area contributed by atoms with Crippen molar-refractivity contribution in [2.24, 2.45) is 5.92 Å². The van der Waals surface area contributed by atoms with Gasteiger partial charge in [0, 0.05) is 27.2 Å². The second-order valence-corrected chi connectivity index (χ2v) is 7.59. The van der Waals surface area contributed by atoms with Gasteiger partial charge in [0.1, 0.15) is 23.9 Å². The molecule has 3 heterocycles. The van der Waals surface area contributed by atoms with Gasteiger partial charge < -0.3 is 29.4 Å². The van der Waals surface area contributed by atoms with Crippen LogP contribution in [0.1, 0.15) is 37.5 Å². The lowest BCUT2D eigenvalue weighted by molar-refractivity contribution is -0.156. The van der Waals surface area contributed by atoms with Crippen molar-refractivity contribution >= 4 is 17.7 Å². The Morgan fingerprint density at radius 3 is 2.83 bits per heavy atom. The Labute approximate surface area is 170 Å². The maximum Gasteiger partial charge on any atom is 0.250 e. The summed E-state index contributed by atoms with van der Waals surface area (Å²) in [5.74, 6) is -1.00. The summed E-state index contributed by atoms with van der Waals surface area (Å²) in [6.07, 6.45) is 3.65. The first-order valence-corrected chi connectivity index (χ1v) is 9.96. The SMILES string of the molecule is CNC(=O)[C@H]1C[C@]2(CCCCN(CCO)C2=O)N(C(=O)COC)[C@H]1c1ccco1. The molecule has 1 spiro atoms. The van der Waals surface area contributed by atoms with E-state index in [1.165, 1.54) is 18.3 Å². The Kier molecular flexibility index (Phi) is 6.59. The molecule has 0 aromatic carbocycles. The zero-order valence-corrected chi connectivity index (χ0v) is 16.9. The molecule has 1 aromatic heterocycles. The van der Waals surface area contributed by atoms with E-state index in [0.717, 1.165) is 12.8 Å². The molecule has 2 aliphatic rings. The lowest BCUT2D eigenvalue weighted by atomic mass is 9.85. The van der Waals surface area contributed by atoms with Crippen LogP contribution >= 0.6 is 0 Å². The highest BCUT2D eigenvalue weighted by Crippen LogP contribution is 2.50. The number of β-amino-alcohol motifs (C(OH)–C–C–N with tert-alkyl or cyclic N) is 1. The van der Waals surface area contributed by atoms with Crippen molar-refractivity contribution in [2.45, 2.75) is 37.3 Å². The number of rotatable bonds is 6. The number of likely N-dealkylation sites (tertiary alicyclic amines) is 2. The molecule has 1 aromatic rings. The fraction of sp³-hybridized carbons (Fsp3) is 0.650. The number of methoxy groups -OCH3 is 1. The van der Waals surface area contributed by atoms with Crippen LogP contribution in [0.3, 0.4) is 0 Å². The molecular weight excluding hydrogens is 378 g/mol. The van der Waals surface area contributed by atoms with Crippen LogP contribution in [0.15, 0.2) is 22.8 Å². The third-order valence-corrected chi connectivity index (χ3v) is 5.96. The fourth-order valence-electron chi connectivity index (χ4n) is 4.78. The van der Waals surface area contributed by atoms with Gasteiger partial charge in [-0.3, -0.25) is 14.4 Å². The van der Waals surface area contributed by atoms with E-state index in [-0.39, 0.29) is 43.9 Å². The molecule has 2 fully saturated rings. The number of ether oxygens (including phenoxy) is 1. The molecule has 0 unspecified atom stereocenters. The van der Waals surface area contributed by atoms with Gasteiger partial charge in [-0.2, -0.15) is 0 Å². The van der Waals surface area contributed by atoms with E-state index in [1.54, 1.807) is 24.1 Å². The predicted octanol–water partition coefficient (Wildman–Crippen LogP) is 0.305. The van der Waals surface area contributed by atoms with Crippen molar-refractivity contribution in [3.63, 3.8) is 0 Å². The van der Waals surface area contributed by atoms with Crippen LogP contribution in [0.5, 0.6) is 0 Å². The summed E-state index contributed by atoms with van der Waals surface area (Å²) in [5, 5.41) is 12.1. The molecule has 0 aliphatic carbocycles. The topological polar surface area (TPSA) is 112 Å². The number of nitrogens with zero attached hydrogens (tertiary/aromatic N) is 2. The summed E-state index contributed by atoms with van der Waals surface area (Å²) in [6, 6.07) is 2.72. The Morgan fingerprint density at radius 2 is 2.21 bits per heavy atom. The lowest BCUT2D eigenvalue weighted by Gasteiger charge is -2.40. The number of carbonyl (C=O) groups is 3. The minimum absolute atomic E-state index is 0.158. The fourth-order valence-corrected chi connectivity index (χ4v) is 4.78. The summed E-state index contributed by atoms with van der Waals surface area (Å²) in [7, 11) is 2.96. The number of aliphatic hydroxyl groups is 1. The molecule has 9 heteroatoms. The van der Waals surface area contributed by atoms with E-state index in [4.69, 9.17) is 9.15 Å². The minimum atomic E-state index is -1.17. The van der Waals surface area contributed by atoms with Crippen molar-refractivity contribution < 1.29 is 28.6 Å². The number of aliphatic hydroxyl groups excluding tert-OH is 1. The molecule has 3 rings (SSSR count). The van der Waals surface area contributed by atoms with Gasteiger partial charge in [0.15, 0.2) is 0 Å². The number of hydrogen-bond donors (Lipinski definition) is 2. The monoisotopic (exact) mass is 407 g/mol. The Hall–Kier alpha value is -2.39. The average molecular weight is 407 g/mol. The first-order valence-electron chi connectivity index (χ1n) is 9.96. The molecule has 2 N–H and O–H groups in total. The normalized spacial score (nSPS) is 27.3. The maximum absolute atomic E-state index is 13.7. The van der Waals surface area contributed by atoms with Gasteiger partial charge >= 0.3 is 0 Å². The summed E-state index contributed by atoms with van der Waals surface area (Å²) >= 11 is 0. The van der Waals surface area contributed by atoms with Crippen molar-refractivity contribution in [2.75, 3.05) is 40.5 Å². The van der Waals surface area contributed by atoms with Gasteiger partial charge in [-0.25, -0.2) is 0 Å². The Morgan fingerprint density at radius 1 is 1.41 bits per heavy atom. The van der Waals surface area contributed by atoms with Crippen LogP contribution < -0.4 is 5.32 Å². The van der Waals surface area contributed by atoms with Crippen molar-refractivity contribution in [3.8, 4) is 0 Å². The average Bonchev–Trinajstić information content (AvgIpc) is 3.32. The molecule has 160 valence electrons. The molecule has 2 saturated heterocycles. The zero-order chi connectivity index (χ0) is 21.0. The van der Waals surface area contributed by atoms with Crippen molar-refractivity contribution in [1.29, 1.82) is 0 Å². The summed E-state index contributed by atoms with van der Waals surface area (Å²) in [5.41, 5.74) is -1.17. The summed E-state index contributed by atoms with van der Waals surface area (Å²) < 4.78 is 10.7. The Balaban J connectivity index is 2.13. The van der Waals surface area contributed by atoms with Crippen LogP contribution in [0.2, 0.25) is 0 Å². The smallest absolute Gasteiger partial charge is 0.250 e. The van der Waals surface area contributed by atoms with Crippen LogP contribution in [-0.2, 0) is 19.1 Å². The number of hydrogen-bond acceptors (Lipinski definition) is 6. The van der Waals surface area contributed by atoms with Crippen LogP contribution in [0.4, 0.5) is 0 Å². The number of furan rings is 1. The van der Waals surface area contributed by atoms with Gasteiger partial charge in [-0.15, -0.1) is 0 Å². The third-order valence-electron chi connectivity index (χ3n) is 5.96. The van der Waals surface area contributed by atoms with Crippen LogP contribution in [0.25, 0.3) is 0 Å². The quantitative estimate of drug-likeness (QED) is 0.702. The molecule has 29 heavy (non-hydrogen) atoms. The zero-order valence-electron chi connectivity index (χ0n) is 16.9. The van der Waals surface area contributed by atoms with E-state index in [9.17, 15) is 19.5 Å². The van der Waals surface area contributed by atoms with E-state index in [1.807, 2.05) is 0 Å². The largest absolute Gasteiger partial charge is 0.467 e. The molecule has 2 aliphatic heterocycles. The van der Waals surface area contributed by atoms with Crippen LogP contribution in [0, 0.1) is 5.92 Å². The van der Waals surface area contributed by atoms with Crippen molar-refractivity contribution in [1.82, 2.24) is 15.1 Å². The number of nitrogens with one attached hydrogen (secondary N) is 1. The molecule has 0 radical (unpaired) electrons. The van der Waals surface area contributed by atoms with Gasteiger partial charge in [0.2, 0.25) is 17.7 Å². The second-order valence-electron chi connectivity index (χ2n) is 7.59. The minimum Gasteiger partial charge on any atom is -0.467 e. The molecule has 0 bridgehead atoms. The van der Waals surface area contributed by atoms with Crippen LogP contribution in [-0.4, -0.2) is 78.6 Å². The third kappa shape index (κ3) is 3.76. The molecule has 0 saturated carbocycles.